The molecule has 2 aromatic heterocycles. The van der Waals surface area contributed by atoms with Gasteiger partial charge in [0.1, 0.15) is 4.90 Å². The van der Waals surface area contributed by atoms with Crippen LogP contribution in [-0.4, -0.2) is 28.0 Å². The topological polar surface area (TPSA) is 81.8 Å². The third-order valence-electron chi connectivity index (χ3n) is 3.40. The van der Waals surface area contributed by atoms with E-state index in [1.54, 1.807) is 37.0 Å². The summed E-state index contributed by atoms with van der Waals surface area (Å²) < 4.78 is 30.5. The number of nitrogens with one attached hydrogen (secondary N) is 1. The molecule has 1 N–H and O–H groups in total. The fourth-order valence-corrected chi connectivity index (χ4v) is 3.70. The zero-order valence-corrected chi connectivity index (χ0v) is 14.7. The van der Waals surface area contributed by atoms with Crippen LogP contribution in [0, 0.1) is 6.92 Å². The number of anilines is 1. The highest BCUT2D eigenvalue weighted by Crippen LogP contribution is 2.18. The zero-order chi connectivity index (χ0) is 17.3. The molecule has 24 heavy (non-hydrogen) atoms. The first-order valence-corrected chi connectivity index (χ1v) is 8.99. The second-order valence-corrected chi connectivity index (χ2v) is 7.50. The molecule has 7 nitrogen and oxygen atoms in total. The van der Waals surface area contributed by atoms with Crippen LogP contribution >= 0.6 is 11.6 Å². The fourth-order valence-electron chi connectivity index (χ4n) is 2.33. The molecule has 2 heterocycles. The summed E-state index contributed by atoms with van der Waals surface area (Å²) in [6.45, 7) is 2.17. The van der Waals surface area contributed by atoms with Gasteiger partial charge in [0.05, 0.1) is 24.1 Å². The van der Waals surface area contributed by atoms with Gasteiger partial charge >= 0.3 is 0 Å². The van der Waals surface area contributed by atoms with E-state index in [1.807, 2.05) is 12.1 Å². The summed E-state index contributed by atoms with van der Waals surface area (Å²) in [4.78, 5) is 0.149. The number of hydrogen-bond donors (Lipinski definition) is 1. The van der Waals surface area contributed by atoms with Crippen LogP contribution in [0.4, 0.5) is 5.69 Å². The van der Waals surface area contributed by atoms with E-state index in [2.05, 4.69) is 14.9 Å². The number of benzene rings is 1. The standard InChI is InChI=1S/C15H16ClN5O2S/c1-11-15(10-20(2)18-11)24(22,23)19-14-7-17-21(9-14)8-12-3-5-13(16)6-4-12/h3-7,9-10,19H,8H2,1-2H3. The maximum absolute atomic E-state index is 12.4. The van der Waals surface area contributed by atoms with Crippen LogP contribution < -0.4 is 4.72 Å². The first-order chi connectivity index (χ1) is 11.3. The summed E-state index contributed by atoms with van der Waals surface area (Å²) >= 11 is 5.86. The molecule has 0 atom stereocenters. The molecule has 3 aromatic rings. The maximum Gasteiger partial charge on any atom is 0.265 e. The first kappa shape index (κ1) is 16.5. The number of rotatable bonds is 5. The quantitative estimate of drug-likeness (QED) is 0.752. The molecule has 9 heteroatoms. The van der Waals surface area contributed by atoms with E-state index in [-0.39, 0.29) is 4.90 Å². The number of aryl methyl sites for hydroxylation is 2. The van der Waals surface area contributed by atoms with Crippen molar-refractivity contribution in [1.82, 2.24) is 19.6 Å². The Labute approximate surface area is 144 Å². The predicted octanol–water partition coefficient (Wildman–Crippen LogP) is 2.43. The van der Waals surface area contributed by atoms with Gasteiger partial charge in [-0.1, -0.05) is 23.7 Å². The molecule has 0 radical (unpaired) electrons. The van der Waals surface area contributed by atoms with E-state index in [9.17, 15) is 8.42 Å². The Morgan fingerprint density at radius 3 is 2.54 bits per heavy atom. The normalized spacial score (nSPS) is 11.6. The Morgan fingerprint density at radius 2 is 1.92 bits per heavy atom. The van der Waals surface area contributed by atoms with Crippen molar-refractivity contribution in [2.45, 2.75) is 18.4 Å². The minimum absolute atomic E-state index is 0.149. The highest BCUT2D eigenvalue weighted by atomic mass is 35.5. The van der Waals surface area contributed by atoms with E-state index >= 15 is 0 Å². The van der Waals surface area contributed by atoms with Crippen LogP contribution in [0.15, 0.2) is 47.8 Å². The fraction of sp³-hybridized carbons (Fsp3) is 0.200. The van der Waals surface area contributed by atoms with E-state index in [0.717, 1.165) is 5.56 Å². The van der Waals surface area contributed by atoms with Crippen LogP contribution in [0.1, 0.15) is 11.3 Å². The third-order valence-corrected chi connectivity index (χ3v) is 5.14. The van der Waals surface area contributed by atoms with Crippen molar-refractivity contribution in [2.24, 2.45) is 7.05 Å². The number of hydrogen-bond acceptors (Lipinski definition) is 4. The molecule has 0 unspecified atom stereocenters. The smallest absolute Gasteiger partial charge is 0.265 e. The van der Waals surface area contributed by atoms with E-state index < -0.39 is 10.0 Å². The van der Waals surface area contributed by atoms with Crippen LogP contribution in [0.3, 0.4) is 0 Å². The molecular weight excluding hydrogens is 350 g/mol. The Balaban J connectivity index is 1.76. The van der Waals surface area contributed by atoms with Crippen LogP contribution in [0.2, 0.25) is 5.02 Å². The zero-order valence-electron chi connectivity index (χ0n) is 13.1. The molecule has 0 saturated carbocycles. The lowest BCUT2D eigenvalue weighted by molar-refractivity contribution is 0.600. The molecule has 0 aliphatic carbocycles. The van der Waals surface area contributed by atoms with Crippen LogP contribution in [-0.2, 0) is 23.6 Å². The monoisotopic (exact) mass is 365 g/mol. The molecule has 0 saturated heterocycles. The molecule has 0 bridgehead atoms. The summed E-state index contributed by atoms with van der Waals surface area (Å²) in [6.07, 6.45) is 4.58. The highest BCUT2D eigenvalue weighted by molar-refractivity contribution is 7.92. The van der Waals surface area contributed by atoms with Crippen molar-refractivity contribution in [1.29, 1.82) is 0 Å². The van der Waals surface area contributed by atoms with Gasteiger partial charge in [-0.25, -0.2) is 8.42 Å². The molecule has 0 aliphatic heterocycles. The lowest BCUT2D eigenvalue weighted by Gasteiger charge is -2.04. The van der Waals surface area contributed by atoms with Gasteiger partial charge in [-0.05, 0) is 24.6 Å². The Morgan fingerprint density at radius 1 is 1.21 bits per heavy atom. The van der Waals surface area contributed by atoms with Gasteiger partial charge in [0.2, 0.25) is 0 Å². The number of sulfonamides is 1. The minimum Gasteiger partial charge on any atom is -0.276 e. The average Bonchev–Trinajstić information content (AvgIpc) is 3.07. The molecule has 0 amide bonds. The lowest BCUT2D eigenvalue weighted by atomic mass is 10.2. The predicted molar refractivity (Wildman–Crippen MR) is 91.5 cm³/mol. The summed E-state index contributed by atoms with van der Waals surface area (Å²) in [5.41, 5.74) is 1.85. The van der Waals surface area contributed by atoms with Crippen molar-refractivity contribution in [2.75, 3.05) is 4.72 Å². The van der Waals surface area contributed by atoms with Gasteiger partial charge in [-0.15, -0.1) is 0 Å². The number of nitrogens with zero attached hydrogens (tertiary/aromatic N) is 4. The maximum atomic E-state index is 12.4. The molecule has 1 aromatic carbocycles. The SMILES string of the molecule is Cc1nn(C)cc1S(=O)(=O)Nc1cnn(Cc2ccc(Cl)cc2)c1. The molecule has 0 spiro atoms. The molecule has 0 aliphatic rings. The van der Waals surface area contributed by atoms with Crippen molar-refractivity contribution in [3.8, 4) is 0 Å². The third kappa shape index (κ3) is 3.60. The van der Waals surface area contributed by atoms with Gasteiger partial charge in [-0.2, -0.15) is 10.2 Å². The molecular formula is C15H16ClN5O2S. The van der Waals surface area contributed by atoms with Gasteiger partial charge in [0.25, 0.3) is 10.0 Å². The number of aromatic nitrogens is 4. The lowest BCUT2D eigenvalue weighted by Crippen LogP contribution is -2.13. The first-order valence-electron chi connectivity index (χ1n) is 7.13. The average molecular weight is 366 g/mol. The van der Waals surface area contributed by atoms with Gasteiger partial charge in [0.15, 0.2) is 0 Å². The van der Waals surface area contributed by atoms with Crippen molar-refractivity contribution in [3.63, 3.8) is 0 Å². The van der Waals surface area contributed by atoms with E-state index in [1.165, 1.54) is 17.1 Å². The van der Waals surface area contributed by atoms with Gasteiger partial charge < -0.3 is 0 Å². The van der Waals surface area contributed by atoms with Crippen molar-refractivity contribution >= 4 is 27.3 Å². The highest BCUT2D eigenvalue weighted by Gasteiger charge is 2.20. The van der Waals surface area contributed by atoms with E-state index in [4.69, 9.17) is 11.6 Å². The van der Waals surface area contributed by atoms with Gasteiger partial charge in [-0.3, -0.25) is 14.1 Å². The summed E-state index contributed by atoms with van der Waals surface area (Å²) in [6, 6.07) is 7.39. The molecule has 3 rings (SSSR count). The second kappa shape index (κ2) is 6.29. The van der Waals surface area contributed by atoms with Gasteiger partial charge in [0, 0.05) is 24.5 Å². The number of halogens is 1. The van der Waals surface area contributed by atoms with E-state index in [0.29, 0.717) is 22.9 Å². The van der Waals surface area contributed by atoms with Crippen molar-refractivity contribution < 1.29 is 8.42 Å². The largest absolute Gasteiger partial charge is 0.276 e. The Bertz CT molecular complexity index is 960. The van der Waals surface area contributed by atoms with Crippen LogP contribution in [0.5, 0.6) is 0 Å². The Hall–Kier alpha value is -2.32. The molecule has 0 fully saturated rings. The summed E-state index contributed by atoms with van der Waals surface area (Å²) in [7, 11) is -2.02. The summed E-state index contributed by atoms with van der Waals surface area (Å²) in [5, 5.41) is 8.89. The Kier molecular flexibility index (Phi) is 4.33. The minimum atomic E-state index is -3.69. The van der Waals surface area contributed by atoms with Crippen LogP contribution in [0.25, 0.3) is 0 Å². The molecule has 126 valence electrons. The second-order valence-electron chi connectivity index (χ2n) is 5.41. The summed E-state index contributed by atoms with van der Waals surface area (Å²) in [5.74, 6) is 0. The van der Waals surface area contributed by atoms with Crippen molar-refractivity contribution in [3.05, 3.63) is 59.1 Å².